The maximum Gasteiger partial charge on any atom is 0.154 e. The zero-order valence-corrected chi connectivity index (χ0v) is 21.5. The van der Waals surface area contributed by atoms with Crippen LogP contribution >= 0.6 is 0 Å². The first-order chi connectivity index (χ1) is 18.7. The second kappa shape index (κ2) is 13.9. The van der Waals surface area contributed by atoms with E-state index >= 15 is 0 Å². The number of nitrogen functional groups attached to an aromatic ring is 1. The Morgan fingerprint density at radius 3 is 1.84 bits per heavy atom. The summed E-state index contributed by atoms with van der Waals surface area (Å²) in [6, 6.07) is 12.0. The molecule has 0 saturated heterocycles. The van der Waals surface area contributed by atoms with E-state index in [4.69, 9.17) is 5.73 Å². The van der Waals surface area contributed by atoms with Crippen molar-refractivity contribution in [2.75, 3.05) is 5.73 Å². The minimum atomic E-state index is 0.389. The Morgan fingerprint density at radius 1 is 0.526 bits per heavy atom. The molecule has 38 heavy (non-hydrogen) atoms. The number of benzene rings is 1. The molecule has 0 saturated carbocycles. The van der Waals surface area contributed by atoms with Gasteiger partial charge in [-0.05, 0) is 29.7 Å². The molecule has 0 bridgehead atoms. The van der Waals surface area contributed by atoms with Crippen molar-refractivity contribution in [1.29, 1.82) is 0 Å². The van der Waals surface area contributed by atoms with E-state index in [0.29, 0.717) is 5.82 Å². The molecule has 4 rings (SSSR count). The molecule has 0 radical (unpaired) electrons. The molecule has 0 amide bonds. The second-order valence-corrected chi connectivity index (χ2v) is 8.65. The smallest absolute Gasteiger partial charge is 0.154 e. The predicted molar refractivity (Wildman–Crippen MR) is 163 cm³/mol. The quantitative estimate of drug-likeness (QED) is 0.467. The second-order valence-electron chi connectivity index (χ2n) is 8.65. The number of rotatable bonds is 3. The molecule has 2 aliphatic carbocycles. The first-order valence-electron chi connectivity index (χ1n) is 12.6. The van der Waals surface area contributed by atoms with Crippen molar-refractivity contribution in [3.05, 3.63) is 180 Å². The van der Waals surface area contributed by atoms with Crippen molar-refractivity contribution >= 4 is 11.4 Å². The molecule has 0 atom stereocenters. The van der Waals surface area contributed by atoms with Gasteiger partial charge < -0.3 is 5.73 Å². The molecule has 2 aliphatic rings. The Morgan fingerprint density at radius 2 is 1.08 bits per heavy atom. The zero-order chi connectivity index (χ0) is 26.4. The monoisotopic (exact) mass is 493 g/mol. The summed E-state index contributed by atoms with van der Waals surface area (Å²) in [7, 11) is 0. The highest BCUT2D eigenvalue weighted by Gasteiger charge is 2.09. The van der Waals surface area contributed by atoms with Crippen molar-refractivity contribution in [3.63, 3.8) is 0 Å². The van der Waals surface area contributed by atoms with E-state index < -0.39 is 0 Å². The fourth-order valence-electron chi connectivity index (χ4n) is 3.80. The Labute approximate surface area is 225 Å². The third-order valence-electron chi connectivity index (χ3n) is 5.80. The van der Waals surface area contributed by atoms with E-state index in [9.17, 15) is 0 Å². The van der Waals surface area contributed by atoms with Crippen molar-refractivity contribution in [2.24, 2.45) is 0 Å². The molecule has 1 aromatic heterocycles. The van der Waals surface area contributed by atoms with Gasteiger partial charge >= 0.3 is 0 Å². The molecule has 0 unspecified atom stereocenters. The summed E-state index contributed by atoms with van der Waals surface area (Å²) in [5, 5.41) is 8.57. The minimum absolute atomic E-state index is 0.389. The van der Waals surface area contributed by atoms with Crippen LogP contribution in [-0.2, 0) is 0 Å². The lowest BCUT2D eigenvalue weighted by Gasteiger charge is -2.08. The first-order valence-corrected chi connectivity index (χ1v) is 12.6. The maximum atomic E-state index is 6.30. The summed E-state index contributed by atoms with van der Waals surface area (Å²) in [5.41, 5.74) is 13.2. The van der Waals surface area contributed by atoms with E-state index in [2.05, 4.69) is 71.8 Å². The molecule has 1 aromatic carbocycles. The van der Waals surface area contributed by atoms with E-state index in [1.54, 1.807) is 0 Å². The van der Waals surface area contributed by atoms with Crippen LogP contribution in [0.2, 0.25) is 0 Å². The van der Waals surface area contributed by atoms with Crippen LogP contribution in [0.3, 0.4) is 0 Å². The predicted octanol–water partition coefficient (Wildman–Crippen LogP) is 8.39. The number of anilines is 1. The van der Waals surface area contributed by atoms with Crippen LogP contribution in [0, 0.1) is 0 Å². The van der Waals surface area contributed by atoms with Gasteiger partial charge in [0.05, 0.1) is 5.69 Å². The van der Waals surface area contributed by atoms with E-state index in [1.165, 1.54) is 5.57 Å². The topological polar surface area (TPSA) is 51.8 Å². The molecule has 3 nitrogen and oxygen atoms in total. The lowest BCUT2D eigenvalue weighted by Crippen LogP contribution is -2.00. The average Bonchev–Trinajstić information content (AvgIpc) is 2.92. The van der Waals surface area contributed by atoms with Gasteiger partial charge in [0.2, 0.25) is 0 Å². The van der Waals surface area contributed by atoms with E-state index in [1.807, 2.05) is 103 Å². The average molecular weight is 494 g/mol. The van der Waals surface area contributed by atoms with Gasteiger partial charge in [-0.3, -0.25) is 0 Å². The summed E-state index contributed by atoms with van der Waals surface area (Å²) >= 11 is 0. The van der Waals surface area contributed by atoms with Crippen molar-refractivity contribution in [1.82, 2.24) is 10.2 Å². The Bertz CT molecular complexity index is 1500. The van der Waals surface area contributed by atoms with Gasteiger partial charge in [0.1, 0.15) is 0 Å². The molecule has 2 aromatic rings. The summed E-state index contributed by atoms with van der Waals surface area (Å²) < 4.78 is 0. The molecule has 0 aliphatic heterocycles. The van der Waals surface area contributed by atoms with Crippen LogP contribution in [0.1, 0.15) is 12.5 Å². The van der Waals surface area contributed by atoms with Gasteiger partial charge in [0.15, 0.2) is 5.82 Å². The van der Waals surface area contributed by atoms with E-state index in [0.717, 1.165) is 33.5 Å². The Kier molecular flexibility index (Phi) is 9.53. The number of allylic oxidation sites excluding steroid dienone is 24. The molecule has 186 valence electrons. The zero-order valence-electron chi connectivity index (χ0n) is 21.5. The highest BCUT2D eigenvalue weighted by atomic mass is 15.1. The SMILES string of the molecule is CC1=C/C=C\C=C/C(/C2=C/C=C\C=C/C=C\C(c3cc(-c4ccccc4)nnc3N)=C/C=C2)=C\C=C/C=C1. The summed E-state index contributed by atoms with van der Waals surface area (Å²) in [6.07, 6.45) is 41.1. The Hall–Kier alpha value is -5.02. The van der Waals surface area contributed by atoms with Crippen LogP contribution in [0.25, 0.3) is 16.8 Å². The van der Waals surface area contributed by atoms with E-state index in [-0.39, 0.29) is 0 Å². The van der Waals surface area contributed by atoms with Crippen molar-refractivity contribution in [3.8, 4) is 11.3 Å². The fraction of sp³-hybridized carbons (Fsp3) is 0.0286. The van der Waals surface area contributed by atoms with Gasteiger partial charge in [0, 0.05) is 11.1 Å². The highest BCUT2D eigenvalue weighted by Crippen LogP contribution is 2.26. The van der Waals surface area contributed by atoms with Gasteiger partial charge in [-0.1, -0.05) is 157 Å². The molecule has 3 heteroatoms. The summed E-state index contributed by atoms with van der Waals surface area (Å²) in [4.78, 5) is 0. The summed E-state index contributed by atoms with van der Waals surface area (Å²) in [6.45, 7) is 2.09. The summed E-state index contributed by atoms with van der Waals surface area (Å²) in [5.74, 6) is 0.389. The third-order valence-corrected chi connectivity index (χ3v) is 5.80. The largest absolute Gasteiger partial charge is 0.382 e. The molecule has 1 heterocycles. The van der Waals surface area contributed by atoms with Gasteiger partial charge in [-0.15, -0.1) is 10.2 Å². The van der Waals surface area contributed by atoms with Crippen LogP contribution in [-0.4, -0.2) is 10.2 Å². The normalized spacial score (nSPS) is 25.1. The fourth-order valence-corrected chi connectivity index (χ4v) is 3.80. The molecular formula is C35H31N3. The number of aromatic nitrogens is 2. The lowest BCUT2D eigenvalue weighted by atomic mass is 10.0. The Balaban J connectivity index is 1.72. The number of nitrogens with two attached hydrogens (primary N) is 1. The maximum absolute atomic E-state index is 6.30. The molecule has 0 fully saturated rings. The van der Waals surface area contributed by atoms with Crippen molar-refractivity contribution in [2.45, 2.75) is 6.92 Å². The number of hydrogen-bond donors (Lipinski definition) is 1. The number of hydrogen-bond acceptors (Lipinski definition) is 3. The van der Waals surface area contributed by atoms with Crippen LogP contribution < -0.4 is 5.73 Å². The van der Waals surface area contributed by atoms with Gasteiger partial charge in [0.25, 0.3) is 0 Å². The third kappa shape index (κ3) is 7.74. The highest BCUT2D eigenvalue weighted by molar-refractivity contribution is 5.82. The molecular weight excluding hydrogens is 462 g/mol. The van der Waals surface area contributed by atoms with Crippen LogP contribution in [0.5, 0.6) is 0 Å². The lowest BCUT2D eigenvalue weighted by molar-refractivity contribution is 1.04. The molecule has 0 spiro atoms. The minimum Gasteiger partial charge on any atom is -0.382 e. The van der Waals surface area contributed by atoms with Crippen LogP contribution in [0.4, 0.5) is 5.82 Å². The van der Waals surface area contributed by atoms with Crippen molar-refractivity contribution < 1.29 is 0 Å². The number of nitrogens with zero attached hydrogens (tertiary/aromatic N) is 2. The standard InChI is InChI=1S/C35H31N3/c1-28-17-8-5-12-20-29(21-13-6-9-18-28)30-19-10-3-2-4-11-22-31(26-16-25-30)33-27-34(37-38-35(33)36)32-23-14-7-15-24-32/h2-27H,1H3,(H2,36,38)/b3-2?,4-2-,8-5-,9-6?,10-3-,11-4?,12-5?,13-6-,17-8?,18-9?,19-10?,20-12-,21-13?,22-11-,25-16?,26-16?,28-17?,28-18?,29-20?,29-21+,30-19+,30-25?,31-22?,31-26+. The van der Waals surface area contributed by atoms with Crippen LogP contribution in [0.15, 0.2) is 175 Å². The van der Waals surface area contributed by atoms with Gasteiger partial charge in [-0.2, -0.15) is 0 Å². The molecule has 2 N–H and O–H groups in total. The first kappa shape index (κ1) is 26.1. The van der Waals surface area contributed by atoms with Gasteiger partial charge in [-0.25, -0.2) is 0 Å².